The summed E-state index contributed by atoms with van der Waals surface area (Å²) in [5.74, 6) is 0.415. The molecule has 1 atom stereocenters. The second-order valence-electron chi connectivity index (χ2n) is 7.25. The van der Waals surface area contributed by atoms with Crippen LogP contribution in [0.5, 0.6) is 0 Å². The fourth-order valence-corrected chi connectivity index (χ4v) is 3.26. The van der Waals surface area contributed by atoms with Gasteiger partial charge in [0.2, 0.25) is 0 Å². The molecule has 28 heavy (non-hydrogen) atoms. The zero-order valence-electron chi connectivity index (χ0n) is 15.8. The van der Waals surface area contributed by atoms with Crippen molar-refractivity contribution in [1.29, 1.82) is 0 Å². The zero-order chi connectivity index (χ0) is 18.8. The molecule has 3 N–H and O–H groups in total. The monoisotopic (exact) mass is 396 g/mol. The van der Waals surface area contributed by atoms with Gasteiger partial charge in [0.15, 0.2) is 0 Å². The van der Waals surface area contributed by atoms with Crippen LogP contribution in [0, 0.1) is 12.8 Å². The molecule has 0 radical (unpaired) electrons. The number of nitrogens with one attached hydrogen (secondary N) is 1. The van der Waals surface area contributed by atoms with Crippen LogP contribution >= 0.6 is 12.4 Å². The van der Waals surface area contributed by atoms with Gasteiger partial charge in [0.05, 0.1) is 11.3 Å². The Labute approximate surface area is 171 Å². The van der Waals surface area contributed by atoms with Crippen molar-refractivity contribution in [2.75, 3.05) is 6.54 Å². The van der Waals surface area contributed by atoms with Crippen LogP contribution in [-0.4, -0.2) is 28.3 Å². The zero-order valence-corrected chi connectivity index (χ0v) is 16.7. The van der Waals surface area contributed by atoms with Crippen molar-refractivity contribution in [3.8, 4) is 16.9 Å². The van der Waals surface area contributed by atoms with Crippen LogP contribution < -0.4 is 11.1 Å². The van der Waals surface area contributed by atoms with Crippen LogP contribution in [0.2, 0.25) is 0 Å². The van der Waals surface area contributed by atoms with Crippen LogP contribution in [-0.2, 0) is 0 Å². The number of carbonyl (C=O) groups is 1. The SMILES string of the molecule is Cc1cccc(-c2nn(-c3ccccc3)cc2C(=O)NCC(N)C2CC2)c1.Cl. The maximum atomic E-state index is 12.9. The average molecular weight is 397 g/mol. The smallest absolute Gasteiger partial charge is 0.255 e. The van der Waals surface area contributed by atoms with Crippen LogP contribution in [0.4, 0.5) is 0 Å². The molecule has 5 nitrogen and oxygen atoms in total. The highest BCUT2D eigenvalue weighted by molar-refractivity contribution is 6.00. The van der Waals surface area contributed by atoms with Crippen molar-refractivity contribution in [2.24, 2.45) is 11.7 Å². The Morgan fingerprint density at radius 3 is 2.64 bits per heavy atom. The molecule has 1 heterocycles. The number of hydrogen-bond acceptors (Lipinski definition) is 3. The lowest BCUT2D eigenvalue weighted by Crippen LogP contribution is -2.38. The molecule has 0 spiro atoms. The Kier molecular flexibility index (Phi) is 6.17. The lowest BCUT2D eigenvalue weighted by molar-refractivity contribution is 0.0951. The van der Waals surface area contributed by atoms with E-state index in [0.717, 1.165) is 29.7 Å². The number of nitrogens with zero attached hydrogens (tertiary/aromatic N) is 2. The van der Waals surface area contributed by atoms with Crippen LogP contribution in [0.25, 0.3) is 16.9 Å². The fourth-order valence-electron chi connectivity index (χ4n) is 3.26. The molecule has 4 rings (SSSR count). The molecule has 1 fully saturated rings. The minimum Gasteiger partial charge on any atom is -0.350 e. The van der Waals surface area contributed by atoms with Gasteiger partial charge in [-0.3, -0.25) is 4.79 Å². The largest absolute Gasteiger partial charge is 0.350 e. The van der Waals surface area contributed by atoms with Crippen molar-refractivity contribution >= 4 is 18.3 Å². The summed E-state index contributed by atoms with van der Waals surface area (Å²) in [5.41, 5.74) is 10.4. The van der Waals surface area contributed by atoms with E-state index in [2.05, 4.69) is 5.32 Å². The van der Waals surface area contributed by atoms with E-state index in [-0.39, 0.29) is 24.4 Å². The molecule has 3 aromatic rings. The van der Waals surface area contributed by atoms with E-state index in [9.17, 15) is 4.79 Å². The molecule has 0 aliphatic heterocycles. The number of halogens is 1. The molecule has 0 bridgehead atoms. The summed E-state index contributed by atoms with van der Waals surface area (Å²) in [6.07, 6.45) is 4.13. The molecular weight excluding hydrogens is 372 g/mol. The maximum absolute atomic E-state index is 12.9. The van der Waals surface area contributed by atoms with Gasteiger partial charge in [-0.1, -0.05) is 42.0 Å². The number of aryl methyl sites for hydroxylation is 1. The van der Waals surface area contributed by atoms with Crippen molar-refractivity contribution < 1.29 is 4.79 Å². The predicted octanol–water partition coefficient (Wildman–Crippen LogP) is 3.74. The third-order valence-corrected chi connectivity index (χ3v) is 5.00. The summed E-state index contributed by atoms with van der Waals surface area (Å²) in [5, 5.41) is 7.70. The summed E-state index contributed by atoms with van der Waals surface area (Å²) in [4.78, 5) is 12.9. The van der Waals surface area contributed by atoms with Crippen molar-refractivity contribution in [3.05, 3.63) is 71.9 Å². The standard InChI is InChI=1S/C22H24N4O.ClH/c1-15-6-5-7-17(12-15)21-19(22(27)24-13-20(23)16-10-11-16)14-26(25-21)18-8-3-2-4-9-18;/h2-9,12,14,16,20H,10-11,13,23H2,1H3,(H,24,27);1H. The predicted molar refractivity (Wildman–Crippen MR) is 114 cm³/mol. The van der Waals surface area contributed by atoms with Crippen molar-refractivity contribution in [3.63, 3.8) is 0 Å². The minimum absolute atomic E-state index is 0. The lowest BCUT2D eigenvalue weighted by Gasteiger charge is -2.11. The maximum Gasteiger partial charge on any atom is 0.255 e. The Morgan fingerprint density at radius 2 is 1.96 bits per heavy atom. The van der Waals surface area contributed by atoms with Gasteiger partial charge in [-0.25, -0.2) is 4.68 Å². The van der Waals surface area contributed by atoms with E-state index in [0.29, 0.717) is 23.7 Å². The normalized spacial score (nSPS) is 14.2. The lowest BCUT2D eigenvalue weighted by atomic mass is 10.1. The van der Waals surface area contributed by atoms with E-state index in [4.69, 9.17) is 10.8 Å². The first kappa shape index (κ1) is 20.1. The molecule has 6 heteroatoms. The van der Waals surface area contributed by atoms with Crippen molar-refractivity contribution in [2.45, 2.75) is 25.8 Å². The Balaban J connectivity index is 0.00000225. The number of rotatable bonds is 6. The van der Waals surface area contributed by atoms with E-state index in [1.54, 1.807) is 10.9 Å². The quantitative estimate of drug-likeness (QED) is 0.666. The van der Waals surface area contributed by atoms with Gasteiger partial charge in [-0.2, -0.15) is 5.10 Å². The summed E-state index contributed by atoms with van der Waals surface area (Å²) in [6.45, 7) is 2.53. The van der Waals surface area contributed by atoms with Gasteiger partial charge < -0.3 is 11.1 Å². The Bertz CT molecular complexity index is 950. The van der Waals surface area contributed by atoms with Gasteiger partial charge in [-0.15, -0.1) is 12.4 Å². The first-order valence-electron chi connectivity index (χ1n) is 9.38. The number of para-hydroxylation sites is 1. The Hall–Kier alpha value is -2.63. The molecule has 2 aromatic carbocycles. The second kappa shape index (κ2) is 8.59. The summed E-state index contributed by atoms with van der Waals surface area (Å²) in [6, 6.07) is 17.9. The fraction of sp³-hybridized carbons (Fsp3) is 0.273. The Morgan fingerprint density at radius 1 is 1.21 bits per heavy atom. The number of hydrogen-bond donors (Lipinski definition) is 2. The van der Waals surface area contributed by atoms with E-state index < -0.39 is 0 Å². The molecule has 1 saturated carbocycles. The highest BCUT2D eigenvalue weighted by Gasteiger charge is 2.29. The third-order valence-electron chi connectivity index (χ3n) is 5.00. The van der Waals surface area contributed by atoms with Gasteiger partial charge in [-0.05, 0) is 43.9 Å². The first-order chi connectivity index (χ1) is 13.1. The number of amides is 1. The molecule has 146 valence electrons. The molecule has 0 saturated heterocycles. The van der Waals surface area contributed by atoms with Gasteiger partial charge in [0, 0.05) is 24.3 Å². The average Bonchev–Trinajstić information content (AvgIpc) is 3.44. The van der Waals surface area contributed by atoms with Crippen LogP contribution in [0.1, 0.15) is 28.8 Å². The third kappa shape index (κ3) is 4.43. The summed E-state index contributed by atoms with van der Waals surface area (Å²) >= 11 is 0. The van der Waals surface area contributed by atoms with Crippen molar-refractivity contribution in [1.82, 2.24) is 15.1 Å². The van der Waals surface area contributed by atoms with Gasteiger partial charge in [0.1, 0.15) is 5.69 Å². The van der Waals surface area contributed by atoms with Crippen LogP contribution in [0.3, 0.4) is 0 Å². The molecule has 1 aliphatic rings. The highest BCUT2D eigenvalue weighted by Crippen LogP contribution is 2.31. The molecule has 1 aromatic heterocycles. The van der Waals surface area contributed by atoms with E-state index in [1.807, 2.05) is 61.5 Å². The van der Waals surface area contributed by atoms with Crippen LogP contribution in [0.15, 0.2) is 60.8 Å². The summed E-state index contributed by atoms with van der Waals surface area (Å²) in [7, 11) is 0. The van der Waals surface area contributed by atoms with Gasteiger partial charge >= 0.3 is 0 Å². The second-order valence-corrected chi connectivity index (χ2v) is 7.25. The molecule has 1 aliphatic carbocycles. The molecule has 1 amide bonds. The van der Waals surface area contributed by atoms with Gasteiger partial charge in [0.25, 0.3) is 5.91 Å². The highest BCUT2D eigenvalue weighted by atomic mass is 35.5. The summed E-state index contributed by atoms with van der Waals surface area (Å²) < 4.78 is 1.76. The number of nitrogens with two attached hydrogens (primary N) is 1. The first-order valence-corrected chi connectivity index (χ1v) is 9.38. The van der Waals surface area contributed by atoms with E-state index >= 15 is 0 Å². The van der Waals surface area contributed by atoms with E-state index in [1.165, 1.54) is 0 Å². The minimum atomic E-state index is -0.134. The topological polar surface area (TPSA) is 72.9 Å². The number of aromatic nitrogens is 2. The molecule has 1 unspecified atom stereocenters. The number of benzene rings is 2. The molecular formula is C22H25ClN4O. The number of carbonyl (C=O) groups excluding carboxylic acids is 1.